The van der Waals surface area contributed by atoms with Gasteiger partial charge in [0.1, 0.15) is 0 Å². The fourth-order valence-electron chi connectivity index (χ4n) is 1.91. The molecule has 106 valence electrons. The molecule has 0 amide bonds. The molecule has 0 saturated carbocycles. The van der Waals surface area contributed by atoms with Crippen LogP contribution >= 0.6 is 0 Å². The lowest BCUT2D eigenvalue weighted by Crippen LogP contribution is -2.02. The maximum absolute atomic E-state index is 10.7. The normalized spacial score (nSPS) is 12.6. The van der Waals surface area contributed by atoms with E-state index in [2.05, 4.69) is 24.0 Å². The molecule has 20 heavy (non-hydrogen) atoms. The Hall–Kier alpha value is -2.17. The van der Waals surface area contributed by atoms with Gasteiger partial charge in [0.2, 0.25) is 11.8 Å². The molecule has 0 aliphatic carbocycles. The standard InChI is InChI=1S/C15H18N2O3/c1-9(2)11-4-6-12(7-5-11)15-17-16-14(20-15)10(3)8-13(18)19/h4-7,9-10H,8H2,1-3H3,(H,18,19). The Morgan fingerprint density at radius 3 is 2.40 bits per heavy atom. The van der Waals surface area contributed by atoms with Crippen LogP contribution in [0.3, 0.4) is 0 Å². The van der Waals surface area contributed by atoms with Gasteiger partial charge in [0.15, 0.2) is 0 Å². The molecule has 1 unspecified atom stereocenters. The fraction of sp³-hybridized carbons (Fsp3) is 0.400. The van der Waals surface area contributed by atoms with Crippen LogP contribution in [0.1, 0.15) is 50.5 Å². The number of hydrogen-bond donors (Lipinski definition) is 1. The van der Waals surface area contributed by atoms with E-state index in [-0.39, 0.29) is 12.3 Å². The van der Waals surface area contributed by atoms with Crippen molar-refractivity contribution in [3.05, 3.63) is 35.7 Å². The molecule has 0 bridgehead atoms. The highest BCUT2D eigenvalue weighted by molar-refractivity contribution is 5.67. The van der Waals surface area contributed by atoms with E-state index in [9.17, 15) is 4.79 Å². The Morgan fingerprint density at radius 2 is 1.85 bits per heavy atom. The second-order valence-electron chi connectivity index (χ2n) is 5.22. The van der Waals surface area contributed by atoms with Crippen molar-refractivity contribution in [1.29, 1.82) is 0 Å². The summed E-state index contributed by atoms with van der Waals surface area (Å²) in [6.45, 7) is 6.02. The van der Waals surface area contributed by atoms with Gasteiger partial charge in [-0.2, -0.15) is 0 Å². The number of rotatable bonds is 5. The molecule has 0 radical (unpaired) electrons. The Morgan fingerprint density at radius 1 is 1.20 bits per heavy atom. The van der Waals surface area contributed by atoms with Crippen LogP contribution in [0.4, 0.5) is 0 Å². The summed E-state index contributed by atoms with van der Waals surface area (Å²) in [5, 5.41) is 16.7. The molecule has 0 spiro atoms. The van der Waals surface area contributed by atoms with Crippen molar-refractivity contribution >= 4 is 5.97 Å². The third-order valence-corrected chi connectivity index (χ3v) is 3.17. The van der Waals surface area contributed by atoms with Crippen molar-refractivity contribution in [2.75, 3.05) is 0 Å². The van der Waals surface area contributed by atoms with Gasteiger partial charge in [0.25, 0.3) is 0 Å². The first-order chi connectivity index (χ1) is 9.47. The molecule has 1 aromatic carbocycles. The van der Waals surface area contributed by atoms with Gasteiger partial charge in [-0.05, 0) is 23.6 Å². The summed E-state index contributed by atoms with van der Waals surface area (Å²) >= 11 is 0. The van der Waals surface area contributed by atoms with Gasteiger partial charge in [-0.25, -0.2) is 0 Å². The zero-order valence-electron chi connectivity index (χ0n) is 11.8. The maximum Gasteiger partial charge on any atom is 0.304 e. The van der Waals surface area contributed by atoms with Gasteiger partial charge in [-0.1, -0.05) is 32.9 Å². The van der Waals surface area contributed by atoms with Crippen LogP contribution < -0.4 is 0 Å². The van der Waals surface area contributed by atoms with Gasteiger partial charge < -0.3 is 9.52 Å². The summed E-state index contributed by atoms with van der Waals surface area (Å²) in [4.78, 5) is 10.7. The number of carboxylic acid groups (broad SMARTS) is 1. The van der Waals surface area contributed by atoms with Crippen LogP contribution in [0, 0.1) is 0 Å². The quantitative estimate of drug-likeness (QED) is 0.903. The van der Waals surface area contributed by atoms with E-state index in [0.717, 1.165) is 5.56 Å². The van der Waals surface area contributed by atoms with E-state index < -0.39 is 5.97 Å². The first-order valence-electron chi connectivity index (χ1n) is 6.63. The van der Waals surface area contributed by atoms with Gasteiger partial charge >= 0.3 is 5.97 Å². The Bertz CT molecular complexity index is 587. The summed E-state index contributed by atoms with van der Waals surface area (Å²) in [5.41, 5.74) is 2.09. The van der Waals surface area contributed by atoms with Crippen molar-refractivity contribution in [3.8, 4) is 11.5 Å². The largest absolute Gasteiger partial charge is 0.481 e. The van der Waals surface area contributed by atoms with Crippen LogP contribution in [-0.2, 0) is 4.79 Å². The molecular formula is C15H18N2O3. The Labute approximate surface area is 117 Å². The van der Waals surface area contributed by atoms with Gasteiger partial charge in [-0.3, -0.25) is 4.79 Å². The van der Waals surface area contributed by atoms with Crippen LogP contribution in [0.5, 0.6) is 0 Å². The van der Waals surface area contributed by atoms with Gasteiger partial charge in [0.05, 0.1) is 6.42 Å². The highest BCUT2D eigenvalue weighted by Gasteiger charge is 2.17. The molecule has 0 fully saturated rings. The average molecular weight is 274 g/mol. The minimum Gasteiger partial charge on any atom is -0.481 e. The number of benzene rings is 1. The molecule has 0 aliphatic heterocycles. The van der Waals surface area contributed by atoms with E-state index >= 15 is 0 Å². The molecule has 2 rings (SSSR count). The SMILES string of the molecule is CC(C)c1ccc(-c2nnc(C(C)CC(=O)O)o2)cc1. The molecule has 0 aliphatic rings. The summed E-state index contributed by atoms with van der Waals surface area (Å²) in [6.07, 6.45) is -0.0199. The smallest absolute Gasteiger partial charge is 0.304 e. The number of carboxylic acids is 1. The third-order valence-electron chi connectivity index (χ3n) is 3.17. The van der Waals surface area contributed by atoms with E-state index in [1.165, 1.54) is 5.56 Å². The molecule has 2 aromatic rings. The summed E-state index contributed by atoms with van der Waals surface area (Å²) in [7, 11) is 0. The number of aliphatic carboxylic acids is 1. The minimum atomic E-state index is -0.876. The van der Waals surface area contributed by atoms with E-state index in [1.54, 1.807) is 6.92 Å². The van der Waals surface area contributed by atoms with Crippen molar-refractivity contribution in [3.63, 3.8) is 0 Å². The number of aromatic nitrogens is 2. The van der Waals surface area contributed by atoms with Gasteiger partial charge in [0, 0.05) is 11.5 Å². The molecule has 1 aromatic heterocycles. The van der Waals surface area contributed by atoms with Crippen LogP contribution in [0.2, 0.25) is 0 Å². The van der Waals surface area contributed by atoms with Gasteiger partial charge in [-0.15, -0.1) is 10.2 Å². The Kier molecular flexibility index (Phi) is 4.17. The predicted molar refractivity (Wildman–Crippen MR) is 74.5 cm³/mol. The number of nitrogens with zero attached hydrogens (tertiary/aromatic N) is 2. The van der Waals surface area contributed by atoms with Crippen molar-refractivity contribution in [2.24, 2.45) is 0 Å². The monoisotopic (exact) mass is 274 g/mol. The molecule has 5 nitrogen and oxygen atoms in total. The van der Waals surface area contributed by atoms with E-state index in [1.807, 2.05) is 24.3 Å². The maximum atomic E-state index is 10.7. The van der Waals surface area contributed by atoms with Crippen molar-refractivity contribution < 1.29 is 14.3 Å². The van der Waals surface area contributed by atoms with E-state index in [0.29, 0.717) is 17.7 Å². The molecule has 1 atom stereocenters. The lowest BCUT2D eigenvalue weighted by atomic mass is 10.0. The summed E-state index contributed by atoms with van der Waals surface area (Å²) in [5.74, 6) is 0.0861. The lowest BCUT2D eigenvalue weighted by Gasteiger charge is -2.05. The van der Waals surface area contributed by atoms with Crippen LogP contribution in [0.25, 0.3) is 11.5 Å². The fourth-order valence-corrected chi connectivity index (χ4v) is 1.91. The first-order valence-corrected chi connectivity index (χ1v) is 6.63. The second kappa shape index (κ2) is 5.86. The number of carbonyl (C=O) groups is 1. The number of hydrogen-bond acceptors (Lipinski definition) is 4. The lowest BCUT2D eigenvalue weighted by molar-refractivity contribution is -0.137. The summed E-state index contributed by atoms with van der Waals surface area (Å²) in [6, 6.07) is 7.94. The molecular weight excluding hydrogens is 256 g/mol. The van der Waals surface area contributed by atoms with Crippen molar-refractivity contribution in [2.45, 2.75) is 39.0 Å². The first kappa shape index (κ1) is 14.2. The van der Waals surface area contributed by atoms with E-state index in [4.69, 9.17) is 9.52 Å². The molecule has 5 heteroatoms. The Balaban J connectivity index is 2.17. The molecule has 1 N–H and O–H groups in total. The molecule has 1 heterocycles. The summed E-state index contributed by atoms with van der Waals surface area (Å²) < 4.78 is 5.55. The van der Waals surface area contributed by atoms with Crippen LogP contribution in [0.15, 0.2) is 28.7 Å². The zero-order chi connectivity index (χ0) is 14.7. The third kappa shape index (κ3) is 3.23. The topological polar surface area (TPSA) is 76.2 Å². The molecule has 0 saturated heterocycles. The second-order valence-corrected chi connectivity index (χ2v) is 5.22. The minimum absolute atomic E-state index is 0.0199. The highest BCUT2D eigenvalue weighted by atomic mass is 16.4. The predicted octanol–water partition coefficient (Wildman–Crippen LogP) is 3.44. The van der Waals surface area contributed by atoms with Crippen molar-refractivity contribution in [1.82, 2.24) is 10.2 Å². The van der Waals surface area contributed by atoms with Crippen LogP contribution in [-0.4, -0.2) is 21.3 Å². The zero-order valence-corrected chi connectivity index (χ0v) is 11.8. The average Bonchev–Trinajstić information content (AvgIpc) is 2.87. The highest BCUT2D eigenvalue weighted by Crippen LogP contribution is 2.24.